The largest absolute Gasteiger partial charge is 0.478 e. The first-order valence-electron chi connectivity index (χ1n) is 11.8. The molecule has 0 aliphatic carbocycles. The van der Waals surface area contributed by atoms with Crippen molar-refractivity contribution in [1.29, 1.82) is 0 Å². The summed E-state index contributed by atoms with van der Waals surface area (Å²) in [7, 11) is 0. The minimum Gasteiger partial charge on any atom is -0.478 e. The Hall–Kier alpha value is -4.02. The van der Waals surface area contributed by atoms with Crippen molar-refractivity contribution in [2.45, 2.75) is 0 Å². The van der Waals surface area contributed by atoms with Gasteiger partial charge < -0.3 is 19.3 Å². The van der Waals surface area contributed by atoms with Gasteiger partial charge in [0.1, 0.15) is 18.1 Å². The molecule has 3 aromatic rings. The van der Waals surface area contributed by atoms with Crippen molar-refractivity contribution in [2.24, 2.45) is 0 Å². The average molecular weight is 552 g/mol. The maximum atomic E-state index is 12.9. The Morgan fingerprint density at radius 2 is 1.74 bits per heavy atom. The van der Waals surface area contributed by atoms with Crippen molar-refractivity contribution in [3.63, 3.8) is 0 Å². The molecule has 0 saturated carbocycles. The van der Waals surface area contributed by atoms with Crippen LogP contribution in [0.4, 0.5) is 10.5 Å². The summed E-state index contributed by atoms with van der Waals surface area (Å²) < 4.78 is 5.76. The molecule has 2 fully saturated rings. The van der Waals surface area contributed by atoms with E-state index in [2.05, 4.69) is 4.90 Å². The van der Waals surface area contributed by atoms with E-state index in [9.17, 15) is 24.3 Å². The van der Waals surface area contributed by atoms with Gasteiger partial charge in [-0.2, -0.15) is 0 Å². The number of amides is 3. The number of carboxylic acid groups (broad SMARTS) is 1. The third-order valence-electron chi connectivity index (χ3n) is 6.30. The molecule has 2 saturated heterocycles. The minimum atomic E-state index is -1.16. The van der Waals surface area contributed by atoms with Gasteiger partial charge in [-0.15, -0.1) is 0 Å². The number of rotatable bonds is 6. The number of benzene rings is 2. The number of thioether (sulfide) groups is 1. The summed E-state index contributed by atoms with van der Waals surface area (Å²) >= 11 is 6.67. The Balaban J connectivity index is 1.22. The van der Waals surface area contributed by atoms with E-state index in [1.54, 1.807) is 23.1 Å². The van der Waals surface area contributed by atoms with Crippen LogP contribution < -0.4 is 4.90 Å². The fourth-order valence-electron chi connectivity index (χ4n) is 4.28. The van der Waals surface area contributed by atoms with Gasteiger partial charge in [-0.1, -0.05) is 29.8 Å². The lowest BCUT2D eigenvalue weighted by Crippen LogP contribution is -2.51. The van der Waals surface area contributed by atoms with E-state index in [0.717, 1.165) is 22.3 Å². The molecule has 3 amide bonds. The number of para-hydroxylation sites is 1. The van der Waals surface area contributed by atoms with Gasteiger partial charge in [-0.3, -0.25) is 19.3 Å². The van der Waals surface area contributed by atoms with Crippen LogP contribution in [0.5, 0.6) is 0 Å². The number of carbonyl (C=O) groups is 4. The van der Waals surface area contributed by atoms with E-state index < -0.39 is 17.1 Å². The summed E-state index contributed by atoms with van der Waals surface area (Å²) in [6, 6.07) is 17.7. The first-order valence-corrected chi connectivity index (χ1v) is 13.0. The van der Waals surface area contributed by atoms with Gasteiger partial charge in [0.05, 0.1) is 15.5 Å². The van der Waals surface area contributed by atoms with Crippen LogP contribution in [0.2, 0.25) is 5.02 Å². The van der Waals surface area contributed by atoms with Gasteiger partial charge in [-0.05, 0) is 54.2 Å². The maximum Gasteiger partial charge on any atom is 0.337 e. The monoisotopic (exact) mass is 551 g/mol. The van der Waals surface area contributed by atoms with Crippen LogP contribution in [0, 0.1) is 0 Å². The molecule has 11 heteroatoms. The zero-order chi connectivity index (χ0) is 26.8. The van der Waals surface area contributed by atoms with Crippen LogP contribution in [-0.4, -0.2) is 70.7 Å². The molecular weight excluding hydrogens is 530 g/mol. The summed E-state index contributed by atoms with van der Waals surface area (Å²) in [4.78, 5) is 54.7. The van der Waals surface area contributed by atoms with Crippen LogP contribution in [0.25, 0.3) is 17.4 Å². The molecule has 0 bridgehead atoms. The van der Waals surface area contributed by atoms with E-state index in [0.29, 0.717) is 43.3 Å². The second-order valence-electron chi connectivity index (χ2n) is 8.67. The highest BCUT2D eigenvalue weighted by Crippen LogP contribution is 2.34. The Labute approximate surface area is 227 Å². The van der Waals surface area contributed by atoms with Gasteiger partial charge in [0.15, 0.2) is 0 Å². The lowest BCUT2D eigenvalue weighted by Gasteiger charge is -2.36. The minimum absolute atomic E-state index is 0.0608. The van der Waals surface area contributed by atoms with Gasteiger partial charge in [0, 0.05) is 43.5 Å². The highest BCUT2D eigenvalue weighted by molar-refractivity contribution is 8.18. The van der Waals surface area contributed by atoms with Crippen molar-refractivity contribution in [3.05, 3.63) is 81.9 Å². The second kappa shape index (κ2) is 10.8. The molecule has 38 heavy (non-hydrogen) atoms. The van der Waals surface area contributed by atoms with E-state index in [4.69, 9.17) is 16.0 Å². The van der Waals surface area contributed by atoms with E-state index in [-0.39, 0.29) is 27.9 Å². The number of aromatic carboxylic acids is 1. The van der Waals surface area contributed by atoms with Gasteiger partial charge >= 0.3 is 5.97 Å². The summed E-state index contributed by atoms with van der Waals surface area (Å²) in [5, 5.41) is 8.87. The van der Waals surface area contributed by atoms with Crippen LogP contribution in [0.15, 0.2) is 70.0 Å². The van der Waals surface area contributed by atoms with Gasteiger partial charge in [0.2, 0.25) is 5.91 Å². The van der Waals surface area contributed by atoms with Crippen LogP contribution in [0.3, 0.4) is 0 Å². The zero-order valence-corrected chi connectivity index (χ0v) is 21.6. The smallest absolute Gasteiger partial charge is 0.337 e. The van der Waals surface area contributed by atoms with Crippen molar-refractivity contribution >= 4 is 58.1 Å². The number of piperazine rings is 1. The first kappa shape index (κ1) is 25.6. The van der Waals surface area contributed by atoms with Gasteiger partial charge in [0.25, 0.3) is 11.1 Å². The molecule has 194 valence electrons. The SMILES string of the molecule is O=C(O)c1cc(-c2ccc(/C=C3\SC(=O)N(CC(=O)N4CCN(c5ccccc5)CC4)C3=O)o2)ccc1Cl. The normalized spacial score (nSPS) is 17.0. The first-order chi connectivity index (χ1) is 18.3. The van der Waals surface area contributed by atoms with Crippen LogP contribution in [0.1, 0.15) is 16.1 Å². The van der Waals surface area contributed by atoms with Crippen LogP contribution in [-0.2, 0) is 9.59 Å². The summed E-state index contributed by atoms with van der Waals surface area (Å²) in [6.07, 6.45) is 1.44. The standard InChI is InChI=1S/C27H22ClN3O6S/c28-21-8-6-17(14-20(21)26(34)35)22-9-7-19(37-22)15-23-25(33)31(27(36)38-23)16-24(32)30-12-10-29(11-13-30)18-4-2-1-3-5-18/h1-9,14-15H,10-13,16H2,(H,34,35)/b23-15-. The van der Waals surface area contributed by atoms with Crippen molar-refractivity contribution in [1.82, 2.24) is 9.80 Å². The van der Waals surface area contributed by atoms with E-state index >= 15 is 0 Å². The molecule has 2 aliphatic heterocycles. The molecule has 0 unspecified atom stereocenters. The van der Waals surface area contributed by atoms with Crippen molar-refractivity contribution < 1.29 is 28.7 Å². The molecular formula is C27H22ClN3O6S. The number of imide groups is 1. The van der Waals surface area contributed by atoms with Crippen LogP contribution >= 0.6 is 23.4 Å². The Morgan fingerprint density at radius 1 is 1.00 bits per heavy atom. The zero-order valence-electron chi connectivity index (χ0n) is 20.0. The average Bonchev–Trinajstić information content (AvgIpc) is 3.49. The second-order valence-corrected chi connectivity index (χ2v) is 10.1. The molecule has 1 N–H and O–H groups in total. The number of nitrogens with zero attached hydrogens (tertiary/aromatic N) is 3. The summed E-state index contributed by atoms with van der Waals surface area (Å²) in [5.41, 5.74) is 1.53. The lowest BCUT2D eigenvalue weighted by molar-refractivity contribution is -0.136. The molecule has 5 rings (SSSR count). The molecule has 1 aromatic heterocycles. The van der Waals surface area contributed by atoms with Crippen molar-refractivity contribution in [2.75, 3.05) is 37.6 Å². The highest BCUT2D eigenvalue weighted by atomic mass is 35.5. The number of hydrogen-bond donors (Lipinski definition) is 1. The van der Waals surface area contributed by atoms with E-state index in [1.165, 1.54) is 18.2 Å². The topological polar surface area (TPSA) is 111 Å². The van der Waals surface area contributed by atoms with Gasteiger partial charge in [-0.25, -0.2) is 4.79 Å². The molecule has 9 nitrogen and oxygen atoms in total. The molecule has 2 aliphatic rings. The predicted octanol–water partition coefficient (Wildman–Crippen LogP) is 4.68. The fraction of sp³-hybridized carbons (Fsp3) is 0.185. The molecule has 3 heterocycles. The molecule has 2 aromatic carbocycles. The number of hydrogen-bond acceptors (Lipinski definition) is 7. The predicted molar refractivity (Wildman–Crippen MR) is 144 cm³/mol. The van der Waals surface area contributed by atoms with Crippen molar-refractivity contribution in [3.8, 4) is 11.3 Å². The summed E-state index contributed by atoms with van der Waals surface area (Å²) in [5.74, 6) is -1.32. The number of halogens is 1. The number of furan rings is 1. The lowest BCUT2D eigenvalue weighted by atomic mass is 10.1. The highest BCUT2D eigenvalue weighted by Gasteiger charge is 2.37. The third-order valence-corrected chi connectivity index (χ3v) is 7.54. The number of carbonyl (C=O) groups excluding carboxylic acids is 3. The Kier molecular flexibility index (Phi) is 7.26. The Morgan fingerprint density at radius 3 is 2.45 bits per heavy atom. The molecule has 0 atom stereocenters. The molecule has 0 radical (unpaired) electrons. The quantitative estimate of drug-likeness (QED) is 0.439. The fourth-order valence-corrected chi connectivity index (χ4v) is 5.30. The number of carboxylic acids is 1. The summed E-state index contributed by atoms with van der Waals surface area (Å²) in [6.45, 7) is 2.02. The Bertz CT molecular complexity index is 1450. The van der Waals surface area contributed by atoms with E-state index in [1.807, 2.05) is 30.3 Å². The maximum absolute atomic E-state index is 12.9. The third kappa shape index (κ3) is 5.32. The molecule has 0 spiro atoms. The number of anilines is 1.